The lowest BCUT2D eigenvalue weighted by atomic mass is 9.78. The van der Waals surface area contributed by atoms with Gasteiger partial charge in [0.15, 0.2) is 0 Å². The van der Waals surface area contributed by atoms with Gasteiger partial charge in [-0.3, -0.25) is 0 Å². The van der Waals surface area contributed by atoms with Crippen molar-refractivity contribution in [3.05, 3.63) is 0 Å². The van der Waals surface area contributed by atoms with Crippen LogP contribution in [0.5, 0.6) is 0 Å². The van der Waals surface area contributed by atoms with Crippen molar-refractivity contribution in [2.45, 2.75) is 70.3 Å². The van der Waals surface area contributed by atoms with Gasteiger partial charge in [-0.25, -0.2) is 0 Å². The Kier molecular flexibility index (Phi) is 5.17. The van der Waals surface area contributed by atoms with E-state index >= 15 is 0 Å². The highest BCUT2D eigenvalue weighted by atomic mass is 15.2. The van der Waals surface area contributed by atoms with E-state index in [2.05, 4.69) is 10.2 Å². The lowest BCUT2D eigenvalue weighted by molar-refractivity contribution is 0.0582. The van der Waals surface area contributed by atoms with E-state index in [1.807, 2.05) is 0 Å². The molecule has 2 atom stereocenters. The largest absolute Gasteiger partial charge is 0.317 e. The van der Waals surface area contributed by atoms with Crippen molar-refractivity contribution < 1.29 is 0 Å². The van der Waals surface area contributed by atoms with Crippen molar-refractivity contribution in [3.8, 4) is 0 Å². The Morgan fingerprint density at radius 3 is 2.58 bits per heavy atom. The third-order valence-corrected chi connectivity index (χ3v) is 5.87. The number of hydrogen-bond donors (Lipinski definition) is 1. The number of fused-ring (bicyclic) bond motifs is 1. The zero-order chi connectivity index (χ0) is 12.9. The van der Waals surface area contributed by atoms with Crippen molar-refractivity contribution in [3.63, 3.8) is 0 Å². The van der Waals surface area contributed by atoms with E-state index in [4.69, 9.17) is 0 Å². The van der Waals surface area contributed by atoms with Crippen LogP contribution in [0, 0.1) is 11.8 Å². The van der Waals surface area contributed by atoms with Crippen LogP contribution in [0.4, 0.5) is 0 Å². The summed E-state index contributed by atoms with van der Waals surface area (Å²) in [6.07, 6.45) is 14.8. The maximum atomic E-state index is 3.48. The first-order chi connectivity index (χ1) is 9.43. The van der Waals surface area contributed by atoms with Crippen LogP contribution in [0.15, 0.2) is 0 Å². The van der Waals surface area contributed by atoms with Gasteiger partial charge in [-0.1, -0.05) is 12.8 Å². The maximum absolute atomic E-state index is 3.48. The molecule has 1 aliphatic carbocycles. The second-order valence-corrected chi connectivity index (χ2v) is 7.13. The van der Waals surface area contributed by atoms with E-state index in [0.29, 0.717) is 0 Å². The molecule has 1 N–H and O–H groups in total. The molecule has 0 spiro atoms. The second kappa shape index (κ2) is 7.08. The van der Waals surface area contributed by atoms with Gasteiger partial charge in [-0.05, 0) is 89.4 Å². The third-order valence-electron chi connectivity index (χ3n) is 5.87. The van der Waals surface area contributed by atoms with E-state index in [0.717, 1.165) is 17.9 Å². The molecule has 2 heteroatoms. The number of likely N-dealkylation sites (tertiary alicyclic amines) is 1. The number of hydrogen-bond acceptors (Lipinski definition) is 2. The van der Waals surface area contributed by atoms with Crippen LogP contribution < -0.4 is 5.32 Å². The van der Waals surface area contributed by atoms with E-state index in [9.17, 15) is 0 Å². The molecule has 2 aliphatic heterocycles. The summed E-state index contributed by atoms with van der Waals surface area (Å²) in [4.78, 5) is 2.87. The molecule has 0 unspecified atom stereocenters. The fourth-order valence-corrected chi connectivity index (χ4v) is 4.76. The molecule has 0 radical (unpaired) electrons. The van der Waals surface area contributed by atoms with Crippen molar-refractivity contribution >= 4 is 0 Å². The monoisotopic (exact) mass is 264 g/mol. The summed E-state index contributed by atoms with van der Waals surface area (Å²) in [6, 6.07) is 0.968. The molecule has 3 fully saturated rings. The minimum atomic E-state index is 0.968. The lowest BCUT2D eigenvalue weighted by Crippen LogP contribution is -2.47. The third kappa shape index (κ3) is 3.72. The molecule has 19 heavy (non-hydrogen) atoms. The van der Waals surface area contributed by atoms with Gasteiger partial charge in [0, 0.05) is 6.04 Å². The van der Waals surface area contributed by atoms with E-state index in [-0.39, 0.29) is 0 Å². The predicted octanol–water partition coefficient (Wildman–Crippen LogP) is 3.42. The molecule has 0 aromatic rings. The van der Waals surface area contributed by atoms with Gasteiger partial charge in [0.05, 0.1) is 0 Å². The van der Waals surface area contributed by atoms with Gasteiger partial charge >= 0.3 is 0 Å². The first-order valence-corrected chi connectivity index (χ1v) is 8.88. The van der Waals surface area contributed by atoms with Crippen LogP contribution in [-0.4, -0.2) is 37.1 Å². The van der Waals surface area contributed by atoms with Crippen molar-refractivity contribution in [2.24, 2.45) is 11.8 Å². The molecule has 2 nitrogen and oxygen atoms in total. The number of piperidine rings is 2. The molecule has 0 amide bonds. The number of nitrogens with zero attached hydrogens (tertiary/aromatic N) is 1. The summed E-state index contributed by atoms with van der Waals surface area (Å²) in [5.41, 5.74) is 0. The van der Waals surface area contributed by atoms with Crippen LogP contribution in [0.2, 0.25) is 0 Å². The molecule has 3 rings (SSSR count). The highest BCUT2D eigenvalue weighted by Gasteiger charge is 2.32. The number of nitrogens with one attached hydrogen (secondary N) is 1. The smallest absolute Gasteiger partial charge is 0.0123 e. The van der Waals surface area contributed by atoms with Crippen molar-refractivity contribution in [2.75, 3.05) is 26.2 Å². The zero-order valence-corrected chi connectivity index (χ0v) is 12.6. The Labute approximate surface area is 119 Å². The highest BCUT2D eigenvalue weighted by molar-refractivity contribution is 4.87. The fourth-order valence-electron chi connectivity index (χ4n) is 4.76. The van der Waals surface area contributed by atoms with Crippen LogP contribution in [-0.2, 0) is 0 Å². The molecule has 2 heterocycles. The first kappa shape index (κ1) is 13.9. The first-order valence-electron chi connectivity index (χ1n) is 8.88. The van der Waals surface area contributed by atoms with Gasteiger partial charge in [-0.15, -0.1) is 0 Å². The molecule has 0 aromatic heterocycles. The minimum absolute atomic E-state index is 0.968. The molecule has 0 bridgehead atoms. The molecular weight excluding hydrogens is 232 g/mol. The van der Waals surface area contributed by atoms with Crippen LogP contribution >= 0.6 is 0 Å². The highest BCUT2D eigenvalue weighted by Crippen LogP contribution is 2.35. The lowest BCUT2D eigenvalue weighted by Gasteiger charge is -2.44. The van der Waals surface area contributed by atoms with Gasteiger partial charge in [0.1, 0.15) is 0 Å². The molecule has 110 valence electrons. The van der Waals surface area contributed by atoms with Gasteiger partial charge in [0.25, 0.3) is 0 Å². The summed E-state index contributed by atoms with van der Waals surface area (Å²) in [5.74, 6) is 2.08. The Morgan fingerprint density at radius 1 is 0.895 bits per heavy atom. The summed E-state index contributed by atoms with van der Waals surface area (Å²) >= 11 is 0. The average Bonchev–Trinajstić information content (AvgIpc) is 2.49. The fraction of sp³-hybridized carbons (Fsp3) is 1.00. The Balaban J connectivity index is 1.40. The van der Waals surface area contributed by atoms with Gasteiger partial charge in [0.2, 0.25) is 0 Å². The maximum Gasteiger partial charge on any atom is 0.0123 e. The topological polar surface area (TPSA) is 15.3 Å². The van der Waals surface area contributed by atoms with Crippen molar-refractivity contribution in [1.29, 1.82) is 0 Å². The Hall–Kier alpha value is -0.0800. The van der Waals surface area contributed by atoms with Gasteiger partial charge < -0.3 is 10.2 Å². The van der Waals surface area contributed by atoms with E-state index in [1.165, 1.54) is 90.4 Å². The van der Waals surface area contributed by atoms with Crippen molar-refractivity contribution in [1.82, 2.24) is 10.2 Å². The molecule has 0 aromatic carbocycles. The second-order valence-electron chi connectivity index (χ2n) is 7.13. The quantitative estimate of drug-likeness (QED) is 0.837. The average molecular weight is 264 g/mol. The standard InChI is InChI=1S/C17H32N2/c1-2-8-17-16(6-1)7-4-14-19(17)13-3-5-15-9-11-18-12-10-15/h15-18H,1-14H2/t16-,17-/m1/s1. The predicted molar refractivity (Wildman–Crippen MR) is 81.4 cm³/mol. The summed E-state index contributed by atoms with van der Waals surface area (Å²) in [7, 11) is 0. The van der Waals surface area contributed by atoms with Crippen LogP contribution in [0.1, 0.15) is 64.2 Å². The number of rotatable bonds is 4. The van der Waals surface area contributed by atoms with Crippen LogP contribution in [0.3, 0.4) is 0 Å². The molecule has 3 aliphatic rings. The Bertz CT molecular complexity index is 258. The molecule has 2 saturated heterocycles. The van der Waals surface area contributed by atoms with Gasteiger partial charge in [-0.2, -0.15) is 0 Å². The molecular formula is C17H32N2. The van der Waals surface area contributed by atoms with E-state index < -0.39 is 0 Å². The summed E-state index contributed by atoms with van der Waals surface area (Å²) in [6.45, 7) is 5.32. The zero-order valence-electron chi connectivity index (χ0n) is 12.6. The van der Waals surface area contributed by atoms with Crippen LogP contribution in [0.25, 0.3) is 0 Å². The molecule has 1 saturated carbocycles. The summed E-state index contributed by atoms with van der Waals surface area (Å²) < 4.78 is 0. The summed E-state index contributed by atoms with van der Waals surface area (Å²) in [5, 5.41) is 3.48. The Morgan fingerprint density at radius 2 is 1.68 bits per heavy atom. The normalized spacial score (nSPS) is 34.1. The minimum Gasteiger partial charge on any atom is -0.317 e. The van der Waals surface area contributed by atoms with E-state index in [1.54, 1.807) is 0 Å². The SMILES string of the molecule is C1CC[C@@H]2[C@H](C1)CCCN2CCCC1CCNCC1.